The Hall–Kier alpha value is -2.63. The summed E-state index contributed by atoms with van der Waals surface area (Å²) in [6.07, 6.45) is 7.92. The molecule has 1 fully saturated rings. The molecule has 6 heteroatoms. The minimum Gasteiger partial charge on any atom is -0.489 e. The third-order valence-corrected chi connectivity index (χ3v) is 4.23. The molecule has 6 nitrogen and oxygen atoms in total. The van der Waals surface area contributed by atoms with Crippen molar-refractivity contribution < 1.29 is 9.53 Å². The molecule has 1 aliphatic rings. The van der Waals surface area contributed by atoms with Gasteiger partial charge in [0.05, 0.1) is 11.8 Å². The lowest BCUT2D eigenvalue weighted by atomic mass is 10.1. The van der Waals surface area contributed by atoms with Crippen LogP contribution in [0.1, 0.15) is 36.5 Å². The number of piperidine rings is 1. The summed E-state index contributed by atoms with van der Waals surface area (Å²) in [5, 5.41) is 3.21. The number of carbonyl (C=O) groups is 1. The third-order valence-electron chi connectivity index (χ3n) is 4.23. The van der Waals surface area contributed by atoms with Gasteiger partial charge in [-0.05, 0) is 30.7 Å². The number of pyridine rings is 2. The topological polar surface area (TPSA) is 67.4 Å². The van der Waals surface area contributed by atoms with E-state index in [1.165, 1.54) is 0 Å². The van der Waals surface area contributed by atoms with E-state index in [0.717, 1.165) is 37.4 Å². The third kappa shape index (κ3) is 4.68. The van der Waals surface area contributed by atoms with Gasteiger partial charge in [0.25, 0.3) is 5.91 Å². The number of rotatable bonds is 6. The second kappa shape index (κ2) is 8.46. The quantitative estimate of drug-likeness (QED) is 0.875. The van der Waals surface area contributed by atoms with Crippen LogP contribution in [0.15, 0.2) is 42.9 Å². The smallest absolute Gasteiger partial charge is 0.255 e. The highest BCUT2D eigenvalue weighted by Gasteiger charge is 2.24. The molecule has 2 aromatic heterocycles. The van der Waals surface area contributed by atoms with Gasteiger partial charge in [0.15, 0.2) is 0 Å². The van der Waals surface area contributed by atoms with Crippen LogP contribution in [0.3, 0.4) is 0 Å². The van der Waals surface area contributed by atoms with E-state index in [4.69, 9.17) is 4.74 Å². The number of ether oxygens (including phenoxy) is 1. The summed E-state index contributed by atoms with van der Waals surface area (Å²) in [5.41, 5.74) is 0.633. The van der Waals surface area contributed by atoms with Crippen molar-refractivity contribution in [2.24, 2.45) is 0 Å². The van der Waals surface area contributed by atoms with E-state index < -0.39 is 0 Å². The number of hydrogen-bond donors (Lipinski definition) is 1. The number of likely N-dealkylation sites (tertiary alicyclic amines) is 1. The molecule has 0 atom stereocenters. The van der Waals surface area contributed by atoms with Crippen molar-refractivity contribution in [1.29, 1.82) is 0 Å². The maximum absolute atomic E-state index is 12.6. The Morgan fingerprint density at radius 2 is 2.12 bits per heavy atom. The number of anilines is 1. The normalized spacial score (nSPS) is 15.0. The first-order valence-electron chi connectivity index (χ1n) is 8.82. The van der Waals surface area contributed by atoms with Gasteiger partial charge in [0.1, 0.15) is 17.7 Å². The monoisotopic (exact) mass is 340 g/mol. The number of amides is 1. The molecule has 1 aliphatic heterocycles. The zero-order chi connectivity index (χ0) is 17.5. The summed E-state index contributed by atoms with van der Waals surface area (Å²) in [6.45, 7) is 4.37. The van der Waals surface area contributed by atoms with Gasteiger partial charge in [-0.2, -0.15) is 0 Å². The molecule has 0 aliphatic carbocycles. The molecule has 3 rings (SSSR count). The fourth-order valence-electron chi connectivity index (χ4n) is 2.85. The lowest BCUT2D eigenvalue weighted by molar-refractivity contribution is 0.0594. The van der Waals surface area contributed by atoms with Crippen LogP contribution < -0.4 is 10.1 Å². The number of nitrogens with one attached hydrogen (secondary N) is 1. The van der Waals surface area contributed by atoms with Crippen LogP contribution in [0.4, 0.5) is 5.82 Å². The van der Waals surface area contributed by atoms with E-state index in [-0.39, 0.29) is 12.0 Å². The first-order valence-corrected chi connectivity index (χ1v) is 8.82. The van der Waals surface area contributed by atoms with Crippen LogP contribution in [-0.4, -0.2) is 46.5 Å². The van der Waals surface area contributed by atoms with Crippen LogP contribution >= 0.6 is 0 Å². The molecule has 1 N–H and O–H groups in total. The molecule has 3 heterocycles. The van der Waals surface area contributed by atoms with Gasteiger partial charge in [0, 0.05) is 44.9 Å². The van der Waals surface area contributed by atoms with Gasteiger partial charge in [-0.15, -0.1) is 0 Å². The molecular formula is C19H24N4O2. The van der Waals surface area contributed by atoms with E-state index >= 15 is 0 Å². The van der Waals surface area contributed by atoms with Crippen LogP contribution in [-0.2, 0) is 0 Å². The highest BCUT2D eigenvalue weighted by molar-refractivity contribution is 5.94. The molecule has 0 radical (unpaired) electrons. The van der Waals surface area contributed by atoms with Gasteiger partial charge in [0.2, 0.25) is 0 Å². The summed E-state index contributed by atoms with van der Waals surface area (Å²) in [6, 6.07) is 7.47. The maximum atomic E-state index is 12.6. The van der Waals surface area contributed by atoms with Crippen molar-refractivity contribution in [2.45, 2.75) is 32.3 Å². The second-order valence-corrected chi connectivity index (χ2v) is 6.16. The van der Waals surface area contributed by atoms with Crippen molar-refractivity contribution in [3.63, 3.8) is 0 Å². The summed E-state index contributed by atoms with van der Waals surface area (Å²) in [5.74, 6) is 1.63. The van der Waals surface area contributed by atoms with Crippen LogP contribution in [0.25, 0.3) is 0 Å². The van der Waals surface area contributed by atoms with Crippen molar-refractivity contribution in [2.75, 3.05) is 25.0 Å². The van der Waals surface area contributed by atoms with E-state index in [2.05, 4.69) is 22.2 Å². The summed E-state index contributed by atoms with van der Waals surface area (Å²) in [7, 11) is 0. The van der Waals surface area contributed by atoms with Crippen molar-refractivity contribution in [3.8, 4) is 5.75 Å². The lowest BCUT2D eigenvalue weighted by Crippen LogP contribution is -2.41. The standard InChI is InChI=1S/C19H24N4O2/c1-2-9-21-18-6-5-15(13-22-18)19(24)23-11-7-16(8-12-23)25-17-4-3-10-20-14-17/h3-6,10,13-14,16H,2,7-9,11-12H2,1H3,(H,21,22). The second-order valence-electron chi connectivity index (χ2n) is 6.16. The van der Waals surface area contributed by atoms with Crippen LogP contribution in [0.5, 0.6) is 5.75 Å². The number of carbonyl (C=O) groups excluding carboxylic acids is 1. The van der Waals surface area contributed by atoms with Gasteiger partial charge in [-0.1, -0.05) is 6.92 Å². The van der Waals surface area contributed by atoms with Crippen molar-refractivity contribution in [3.05, 3.63) is 48.4 Å². The number of nitrogens with zero attached hydrogens (tertiary/aromatic N) is 3. The fraction of sp³-hybridized carbons (Fsp3) is 0.421. The molecule has 0 spiro atoms. The molecule has 0 bridgehead atoms. The molecule has 1 saturated heterocycles. The minimum absolute atomic E-state index is 0.0365. The highest BCUT2D eigenvalue weighted by Crippen LogP contribution is 2.19. The number of hydrogen-bond acceptors (Lipinski definition) is 5. The molecule has 2 aromatic rings. The molecule has 0 saturated carbocycles. The Bertz CT molecular complexity index is 668. The van der Waals surface area contributed by atoms with Gasteiger partial charge in [-0.25, -0.2) is 4.98 Å². The summed E-state index contributed by atoms with van der Waals surface area (Å²) >= 11 is 0. The molecule has 0 aromatic carbocycles. The Morgan fingerprint density at radius 1 is 1.28 bits per heavy atom. The Kier molecular flexibility index (Phi) is 5.82. The van der Waals surface area contributed by atoms with E-state index in [1.807, 2.05) is 29.2 Å². The first kappa shape index (κ1) is 17.2. The largest absolute Gasteiger partial charge is 0.489 e. The molecule has 0 unspecified atom stereocenters. The van der Waals surface area contributed by atoms with E-state index in [9.17, 15) is 4.79 Å². The zero-order valence-electron chi connectivity index (χ0n) is 14.5. The predicted molar refractivity (Wildman–Crippen MR) is 96.8 cm³/mol. The van der Waals surface area contributed by atoms with E-state index in [0.29, 0.717) is 18.7 Å². The summed E-state index contributed by atoms with van der Waals surface area (Å²) < 4.78 is 5.92. The molecule has 25 heavy (non-hydrogen) atoms. The average Bonchev–Trinajstić information content (AvgIpc) is 2.68. The Balaban J connectivity index is 1.51. The van der Waals surface area contributed by atoms with Gasteiger partial charge in [-0.3, -0.25) is 9.78 Å². The predicted octanol–water partition coefficient (Wildman–Crippen LogP) is 2.98. The van der Waals surface area contributed by atoms with Crippen LogP contribution in [0.2, 0.25) is 0 Å². The molecule has 132 valence electrons. The van der Waals surface area contributed by atoms with E-state index in [1.54, 1.807) is 18.6 Å². The van der Waals surface area contributed by atoms with Crippen molar-refractivity contribution >= 4 is 11.7 Å². The maximum Gasteiger partial charge on any atom is 0.255 e. The lowest BCUT2D eigenvalue weighted by Gasteiger charge is -2.32. The number of aromatic nitrogens is 2. The van der Waals surface area contributed by atoms with Crippen molar-refractivity contribution in [1.82, 2.24) is 14.9 Å². The van der Waals surface area contributed by atoms with Crippen LogP contribution in [0, 0.1) is 0 Å². The fourth-order valence-corrected chi connectivity index (χ4v) is 2.85. The summed E-state index contributed by atoms with van der Waals surface area (Å²) in [4.78, 5) is 22.8. The molecular weight excluding hydrogens is 316 g/mol. The Morgan fingerprint density at radius 3 is 2.76 bits per heavy atom. The van der Waals surface area contributed by atoms with Gasteiger partial charge >= 0.3 is 0 Å². The zero-order valence-corrected chi connectivity index (χ0v) is 14.5. The highest BCUT2D eigenvalue weighted by atomic mass is 16.5. The SMILES string of the molecule is CCCNc1ccc(C(=O)N2CCC(Oc3cccnc3)CC2)cn1. The Labute approximate surface area is 148 Å². The minimum atomic E-state index is 0.0365. The first-order chi connectivity index (χ1) is 12.3. The average molecular weight is 340 g/mol. The van der Waals surface area contributed by atoms with Gasteiger partial charge < -0.3 is 15.0 Å². The molecule has 1 amide bonds.